The van der Waals surface area contributed by atoms with Gasteiger partial charge in [-0.1, -0.05) is 6.42 Å². The van der Waals surface area contributed by atoms with E-state index in [-0.39, 0.29) is 5.91 Å². The second kappa shape index (κ2) is 6.03. The summed E-state index contributed by atoms with van der Waals surface area (Å²) in [5.74, 6) is 1.28. The van der Waals surface area contributed by atoms with Gasteiger partial charge in [0.1, 0.15) is 0 Å². The molecule has 2 atom stereocenters. The molecule has 3 rings (SSSR count). The number of fused-ring (bicyclic) bond motifs is 2. The third-order valence-electron chi connectivity index (χ3n) is 5.70. The first-order valence-electron chi connectivity index (χ1n) is 8.49. The van der Waals surface area contributed by atoms with E-state index in [9.17, 15) is 4.79 Å². The number of hydrogen-bond donors (Lipinski definition) is 2. The maximum absolute atomic E-state index is 12.5. The Morgan fingerprint density at radius 1 is 1.32 bits per heavy atom. The largest absolute Gasteiger partial charge is 0.353 e. The van der Waals surface area contributed by atoms with Crippen LogP contribution >= 0.6 is 0 Å². The molecule has 1 aromatic heterocycles. The quantitative estimate of drug-likeness (QED) is 0.891. The van der Waals surface area contributed by atoms with Crippen molar-refractivity contribution in [2.24, 2.45) is 24.6 Å². The van der Waals surface area contributed by atoms with Crippen molar-refractivity contribution in [2.75, 3.05) is 0 Å². The number of nitrogens with one attached hydrogen (secondary N) is 1. The molecule has 1 aromatic rings. The molecule has 2 bridgehead atoms. The lowest BCUT2D eigenvalue weighted by atomic mass is 9.67. The van der Waals surface area contributed by atoms with Crippen molar-refractivity contribution >= 4 is 5.91 Å². The summed E-state index contributed by atoms with van der Waals surface area (Å²) >= 11 is 0. The number of hydrogen-bond acceptors (Lipinski definition) is 3. The summed E-state index contributed by atoms with van der Waals surface area (Å²) in [4.78, 5) is 12.5. The Bertz CT molecular complexity index is 551. The zero-order chi connectivity index (χ0) is 15.9. The normalized spacial score (nSPS) is 31.1. The molecule has 0 radical (unpaired) electrons. The van der Waals surface area contributed by atoms with E-state index in [1.807, 2.05) is 25.6 Å². The Hall–Kier alpha value is -1.36. The maximum Gasteiger partial charge on any atom is 0.224 e. The van der Waals surface area contributed by atoms with E-state index in [4.69, 9.17) is 5.73 Å². The number of nitrogens with zero attached hydrogens (tertiary/aromatic N) is 2. The zero-order valence-corrected chi connectivity index (χ0v) is 13.9. The second-order valence-electron chi connectivity index (χ2n) is 7.23. The van der Waals surface area contributed by atoms with E-state index in [0.29, 0.717) is 30.3 Å². The number of rotatable bonds is 3. The Balaban J connectivity index is 1.66. The number of carbonyl (C=O) groups excluding carboxylic acids is 1. The van der Waals surface area contributed by atoms with Crippen molar-refractivity contribution < 1.29 is 4.79 Å². The minimum atomic E-state index is 0.136. The average molecular weight is 304 g/mol. The molecule has 5 heteroatoms. The number of aromatic nitrogens is 2. The van der Waals surface area contributed by atoms with Gasteiger partial charge in [-0.25, -0.2) is 0 Å². The van der Waals surface area contributed by atoms with Gasteiger partial charge in [0, 0.05) is 30.4 Å². The Morgan fingerprint density at radius 2 is 1.95 bits per heavy atom. The molecule has 0 saturated heterocycles. The number of carbonyl (C=O) groups is 1. The lowest BCUT2D eigenvalue weighted by Gasteiger charge is -2.45. The molecule has 1 amide bonds. The highest BCUT2D eigenvalue weighted by molar-refractivity contribution is 5.79. The van der Waals surface area contributed by atoms with E-state index >= 15 is 0 Å². The van der Waals surface area contributed by atoms with Crippen molar-refractivity contribution in [3.63, 3.8) is 0 Å². The van der Waals surface area contributed by atoms with Crippen molar-refractivity contribution in [2.45, 2.75) is 64.5 Å². The average Bonchev–Trinajstić information content (AvgIpc) is 2.66. The van der Waals surface area contributed by atoms with E-state index < -0.39 is 0 Å². The van der Waals surface area contributed by atoms with Gasteiger partial charge >= 0.3 is 0 Å². The van der Waals surface area contributed by atoms with Gasteiger partial charge in [-0.15, -0.1) is 0 Å². The number of amides is 1. The van der Waals surface area contributed by atoms with Crippen molar-refractivity contribution in [3.05, 3.63) is 17.0 Å². The molecule has 2 saturated carbocycles. The van der Waals surface area contributed by atoms with Gasteiger partial charge in [-0.2, -0.15) is 5.10 Å². The zero-order valence-electron chi connectivity index (χ0n) is 13.9. The molecular formula is C17H28N4O. The molecular weight excluding hydrogens is 276 g/mol. The van der Waals surface area contributed by atoms with Crippen LogP contribution < -0.4 is 11.1 Å². The third-order valence-corrected chi connectivity index (χ3v) is 5.70. The molecule has 0 aromatic carbocycles. The van der Waals surface area contributed by atoms with E-state index in [2.05, 4.69) is 10.4 Å². The van der Waals surface area contributed by atoms with Gasteiger partial charge in [0.2, 0.25) is 5.91 Å². The fourth-order valence-corrected chi connectivity index (χ4v) is 4.50. The lowest BCUT2D eigenvalue weighted by molar-refractivity contribution is -0.122. The fraction of sp³-hybridized carbons (Fsp3) is 0.765. The number of nitrogens with two attached hydrogens (primary N) is 1. The van der Waals surface area contributed by atoms with Gasteiger partial charge in [-0.05, 0) is 51.4 Å². The van der Waals surface area contributed by atoms with E-state index in [1.54, 1.807) is 0 Å². The minimum Gasteiger partial charge on any atom is -0.353 e. The Morgan fingerprint density at radius 3 is 2.50 bits per heavy atom. The van der Waals surface area contributed by atoms with Crippen LogP contribution in [0, 0.1) is 25.7 Å². The predicted octanol–water partition coefficient (Wildman–Crippen LogP) is 1.60. The predicted molar refractivity (Wildman–Crippen MR) is 86.4 cm³/mol. The van der Waals surface area contributed by atoms with Crippen LogP contribution in [0.15, 0.2) is 0 Å². The van der Waals surface area contributed by atoms with Crippen LogP contribution in [0.5, 0.6) is 0 Å². The van der Waals surface area contributed by atoms with Crippen LogP contribution in [0.25, 0.3) is 0 Å². The maximum atomic E-state index is 12.5. The highest BCUT2D eigenvalue weighted by Crippen LogP contribution is 2.39. The van der Waals surface area contributed by atoms with Crippen LogP contribution in [-0.4, -0.2) is 27.8 Å². The Kier molecular flexibility index (Phi) is 4.26. The SMILES string of the molecule is Cc1nn(C)c(C)c1CC(=O)NC1C2CCCC1CC(N)C2. The summed E-state index contributed by atoms with van der Waals surface area (Å²) in [5, 5.41) is 7.72. The molecule has 2 aliphatic carbocycles. The monoisotopic (exact) mass is 304 g/mol. The summed E-state index contributed by atoms with van der Waals surface area (Å²) in [6.45, 7) is 4.00. The second-order valence-corrected chi connectivity index (χ2v) is 7.23. The smallest absolute Gasteiger partial charge is 0.224 e. The van der Waals surface area contributed by atoms with E-state index in [1.165, 1.54) is 19.3 Å². The van der Waals surface area contributed by atoms with Gasteiger partial charge in [0.15, 0.2) is 0 Å². The molecule has 2 aliphatic rings. The first-order valence-corrected chi connectivity index (χ1v) is 8.49. The Labute approximate surface area is 132 Å². The molecule has 3 N–H and O–H groups in total. The first kappa shape index (κ1) is 15.5. The molecule has 0 spiro atoms. The molecule has 22 heavy (non-hydrogen) atoms. The molecule has 122 valence electrons. The van der Waals surface area contributed by atoms with Gasteiger partial charge in [-0.3, -0.25) is 9.48 Å². The summed E-state index contributed by atoms with van der Waals surface area (Å²) in [6, 6.07) is 0.657. The van der Waals surface area contributed by atoms with Crippen molar-refractivity contribution in [3.8, 4) is 0 Å². The molecule has 2 fully saturated rings. The highest BCUT2D eigenvalue weighted by Gasteiger charge is 2.39. The highest BCUT2D eigenvalue weighted by atomic mass is 16.1. The van der Waals surface area contributed by atoms with Crippen molar-refractivity contribution in [1.29, 1.82) is 0 Å². The number of aryl methyl sites for hydroxylation is 2. The van der Waals surface area contributed by atoms with Crippen LogP contribution in [-0.2, 0) is 18.3 Å². The van der Waals surface area contributed by atoms with Gasteiger partial charge < -0.3 is 11.1 Å². The fourth-order valence-electron chi connectivity index (χ4n) is 4.50. The van der Waals surface area contributed by atoms with Crippen LogP contribution in [0.1, 0.15) is 49.1 Å². The summed E-state index contributed by atoms with van der Waals surface area (Å²) in [5.41, 5.74) is 9.27. The molecule has 5 nitrogen and oxygen atoms in total. The van der Waals surface area contributed by atoms with E-state index in [0.717, 1.165) is 29.8 Å². The molecule has 2 unspecified atom stereocenters. The third kappa shape index (κ3) is 2.91. The lowest BCUT2D eigenvalue weighted by Crippen LogP contribution is -2.54. The first-order chi connectivity index (χ1) is 10.5. The molecule has 0 aliphatic heterocycles. The standard InChI is InChI=1S/C17H28N4O/c1-10-15(11(2)21(3)20-10)9-16(22)19-17-12-5-4-6-13(17)8-14(18)7-12/h12-14,17H,4-9,18H2,1-3H3,(H,19,22). The van der Waals surface area contributed by atoms with Gasteiger partial charge in [0.25, 0.3) is 0 Å². The minimum absolute atomic E-state index is 0.136. The summed E-state index contributed by atoms with van der Waals surface area (Å²) < 4.78 is 1.85. The van der Waals surface area contributed by atoms with Gasteiger partial charge in [0.05, 0.1) is 12.1 Å². The van der Waals surface area contributed by atoms with Crippen molar-refractivity contribution in [1.82, 2.24) is 15.1 Å². The van der Waals surface area contributed by atoms with Crippen LogP contribution in [0.3, 0.4) is 0 Å². The van der Waals surface area contributed by atoms with Crippen LogP contribution in [0.2, 0.25) is 0 Å². The van der Waals surface area contributed by atoms with Crippen LogP contribution in [0.4, 0.5) is 0 Å². The summed E-state index contributed by atoms with van der Waals surface area (Å²) in [6.07, 6.45) is 6.27. The summed E-state index contributed by atoms with van der Waals surface area (Å²) in [7, 11) is 1.93. The molecule has 1 heterocycles. The topological polar surface area (TPSA) is 72.9 Å².